The number of benzene rings is 1. The predicted molar refractivity (Wildman–Crippen MR) is 98.5 cm³/mol. The van der Waals surface area contributed by atoms with Crippen molar-refractivity contribution >= 4 is 17.2 Å². The summed E-state index contributed by atoms with van der Waals surface area (Å²) in [5, 5.41) is 5.96. The quantitative estimate of drug-likeness (QED) is 0.635. The number of rotatable bonds is 7. The molecular weight excluding hydrogens is 334 g/mol. The number of carbonyl (C=O) groups is 1. The van der Waals surface area contributed by atoms with Gasteiger partial charge in [0.15, 0.2) is 0 Å². The zero-order valence-electron chi connectivity index (χ0n) is 14.4. The van der Waals surface area contributed by atoms with E-state index in [0.717, 1.165) is 16.9 Å². The van der Waals surface area contributed by atoms with Gasteiger partial charge in [0, 0.05) is 24.6 Å². The van der Waals surface area contributed by atoms with Gasteiger partial charge in [-0.1, -0.05) is 48.5 Å². The molecule has 0 radical (unpaired) electrons. The van der Waals surface area contributed by atoms with E-state index >= 15 is 0 Å². The van der Waals surface area contributed by atoms with Crippen molar-refractivity contribution in [3.63, 3.8) is 0 Å². The Morgan fingerprint density at radius 3 is 2.72 bits per heavy atom. The minimum absolute atomic E-state index is 0.0622. The summed E-state index contributed by atoms with van der Waals surface area (Å²) in [6.45, 7) is 4.70. The van der Waals surface area contributed by atoms with Crippen LogP contribution in [0.5, 0.6) is 0 Å². The summed E-state index contributed by atoms with van der Waals surface area (Å²) >= 11 is 1.47. The van der Waals surface area contributed by atoms with E-state index in [-0.39, 0.29) is 11.9 Å². The molecule has 25 heavy (non-hydrogen) atoms. The zero-order chi connectivity index (χ0) is 17.6. The molecule has 0 bridgehead atoms. The molecule has 0 N–H and O–H groups in total. The van der Waals surface area contributed by atoms with E-state index in [1.165, 1.54) is 11.3 Å². The molecule has 0 aliphatic heterocycles. The molecule has 0 spiro atoms. The van der Waals surface area contributed by atoms with Gasteiger partial charge >= 0.3 is 0 Å². The van der Waals surface area contributed by atoms with Crippen molar-refractivity contribution in [2.75, 3.05) is 6.54 Å². The molecule has 1 aromatic carbocycles. The molecule has 0 saturated carbocycles. The highest BCUT2D eigenvalue weighted by atomic mass is 32.1. The van der Waals surface area contributed by atoms with Crippen LogP contribution in [0.15, 0.2) is 52.4 Å². The van der Waals surface area contributed by atoms with Gasteiger partial charge in [0.2, 0.25) is 11.7 Å². The molecule has 130 valence electrons. The molecule has 5 nitrogen and oxygen atoms in total. The molecule has 2 aromatic heterocycles. The third kappa shape index (κ3) is 4.14. The Morgan fingerprint density at radius 1 is 1.24 bits per heavy atom. The second-order valence-corrected chi connectivity index (χ2v) is 6.81. The van der Waals surface area contributed by atoms with Gasteiger partial charge in [-0.2, -0.15) is 4.98 Å². The molecule has 0 fully saturated rings. The maximum atomic E-state index is 12.7. The van der Waals surface area contributed by atoms with E-state index in [9.17, 15) is 4.79 Å². The van der Waals surface area contributed by atoms with Crippen molar-refractivity contribution in [3.8, 4) is 11.4 Å². The van der Waals surface area contributed by atoms with Crippen LogP contribution >= 0.6 is 11.3 Å². The van der Waals surface area contributed by atoms with Crippen LogP contribution in [0.2, 0.25) is 0 Å². The average molecular weight is 355 g/mol. The standard InChI is InChI=1S/C19H21N3O2S/c1-3-14(2)22(19(23)16-10-7-13-25-16)12-11-17-20-18(21-24-17)15-8-5-4-6-9-15/h4-10,13-14H,3,11-12H2,1-2H3/t14-/m0/s1. The fourth-order valence-electron chi connectivity index (χ4n) is 2.56. The topological polar surface area (TPSA) is 59.2 Å². The highest BCUT2D eigenvalue weighted by Crippen LogP contribution is 2.18. The number of nitrogens with zero attached hydrogens (tertiary/aromatic N) is 3. The summed E-state index contributed by atoms with van der Waals surface area (Å²) in [5.41, 5.74) is 0.922. The Morgan fingerprint density at radius 2 is 2.04 bits per heavy atom. The van der Waals surface area contributed by atoms with Gasteiger partial charge < -0.3 is 9.42 Å². The fraction of sp³-hybridized carbons (Fsp3) is 0.316. The SMILES string of the molecule is CC[C@H](C)N(CCc1nc(-c2ccccc2)no1)C(=O)c1cccs1. The Balaban J connectivity index is 1.69. The maximum absolute atomic E-state index is 12.7. The summed E-state index contributed by atoms with van der Waals surface area (Å²) in [6.07, 6.45) is 1.44. The van der Waals surface area contributed by atoms with Gasteiger partial charge in [-0.15, -0.1) is 11.3 Å². The van der Waals surface area contributed by atoms with Gasteiger partial charge in [0.1, 0.15) is 0 Å². The van der Waals surface area contributed by atoms with Gasteiger partial charge in [-0.3, -0.25) is 4.79 Å². The second kappa shape index (κ2) is 8.07. The molecule has 1 amide bonds. The number of hydrogen-bond acceptors (Lipinski definition) is 5. The average Bonchev–Trinajstić information content (AvgIpc) is 3.34. The Bertz CT molecular complexity index is 799. The van der Waals surface area contributed by atoms with Crippen LogP contribution < -0.4 is 0 Å². The third-order valence-corrected chi connectivity index (χ3v) is 5.04. The van der Waals surface area contributed by atoms with Crippen LogP contribution in [0.3, 0.4) is 0 Å². The molecule has 0 unspecified atom stereocenters. The number of hydrogen-bond donors (Lipinski definition) is 0. The predicted octanol–water partition coefficient (Wildman–Crippen LogP) is 4.28. The first-order chi connectivity index (χ1) is 12.2. The number of amides is 1. The number of carbonyl (C=O) groups excluding carboxylic acids is 1. The van der Waals surface area contributed by atoms with Crippen LogP contribution in [0.4, 0.5) is 0 Å². The van der Waals surface area contributed by atoms with E-state index < -0.39 is 0 Å². The molecule has 6 heteroatoms. The lowest BCUT2D eigenvalue weighted by Gasteiger charge is -2.27. The van der Waals surface area contributed by atoms with E-state index in [4.69, 9.17) is 4.52 Å². The lowest BCUT2D eigenvalue weighted by atomic mass is 10.2. The van der Waals surface area contributed by atoms with E-state index in [2.05, 4.69) is 24.0 Å². The van der Waals surface area contributed by atoms with Gasteiger partial charge in [-0.05, 0) is 24.8 Å². The van der Waals surface area contributed by atoms with E-state index in [1.54, 1.807) is 0 Å². The van der Waals surface area contributed by atoms with Gasteiger partial charge in [0.25, 0.3) is 5.91 Å². The fourth-order valence-corrected chi connectivity index (χ4v) is 3.24. The smallest absolute Gasteiger partial charge is 0.264 e. The summed E-state index contributed by atoms with van der Waals surface area (Å²) in [6, 6.07) is 13.6. The first-order valence-electron chi connectivity index (χ1n) is 8.41. The van der Waals surface area contributed by atoms with Crippen molar-refractivity contribution in [3.05, 3.63) is 58.6 Å². The summed E-state index contributed by atoms with van der Waals surface area (Å²) in [7, 11) is 0. The summed E-state index contributed by atoms with van der Waals surface area (Å²) in [5.74, 6) is 1.19. The first-order valence-corrected chi connectivity index (χ1v) is 9.29. The van der Waals surface area contributed by atoms with Gasteiger partial charge in [0.05, 0.1) is 4.88 Å². The lowest BCUT2D eigenvalue weighted by molar-refractivity contribution is 0.0691. The van der Waals surface area contributed by atoms with Gasteiger partial charge in [-0.25, -0.2) is 0 Å². The molecular formula is C19H21N3O2S. The van der Waals surface area contributed by atoms with Crippen molar-refractivity contribution in [1.29, 1.82) is 0 Å². The highest BCUT2D eigenvalue weighted by molar-refractivity contribution is 7.12. The zero-order valence-corrected chi connectivity index (χ0v) is 15.2. The molecule has 0 aliphatic carbocycles. The maximum Gasteiger partial charge on any atom is 0.264 e. The van der Waals surface area contributed by atoms with Crippen LogP contribution in [-0.4, -0.2) is 33.5 Å². The van der Waals surface area contributed by atoms with Crippen molar-refractivity contribution in [2.24, 2.45) is 0 Å². The van der Waals surface area contributed by atoms with Crippen LogP contribution in [0.1, 0.15) is 35.8 Å². The molecule has 0 aliphatic rings. The summed E-state index contributed by atoms with van der Waals surface area (Å²) < 4.78 is 5.36. The minimum atomic E-state index is 0.0622. The largest absolute Gasteiger partial charge is 0.339 e. The normalized spacial score (nSPS) is 12.1. The second-order valence-electron chi connectivity index (χ2n) is 5.86. The Labute approximate surface area is 151 Å². The molecule has 0 saturated heterocycles. The van der Waals surface area contributed by atoms with E-state index in [1.807, 2.05) is 52.7 Å². The van der Waals surface area contributed by atoms with E-state index in [0.29, 0.717) is 24.7 Å². The molecule has 1 atom stereocenters. The highest BCUT2D eigenvalue weighted by Gasteiger charge is 2.22. The molecule has 2 heterocycles. The third-order valence-electron chi connectivity index (χ3n) is 4.18. The Kier molecular flexibility index (Phi) is 5.60. The number of thiophene rings is 1. The van der Waals surface area contributed by atoms with Crippen LogP contribution in [0, 0.1) is 0 Å². The first kappa shape index (κ1) is 17.4. The molecule has 3 rings (SSSR count). The van der Waals surface area contributed by atoms with Crippen molar-refractivity contribution in [2.45, 2.75) is 32.7 Å². The number of aromatic nitrogens is 2. The summed E-state index contributed by atoms with van der Waals surface area (Å²) in [4.78, 5) is 19.8. The van der Waals surface area contributed by atoms with Crippen molar-refractivity contribution < 1.29 is 9.32 Å². The monoisotopic (exact) mass is 355 g/mol. The van der Waals surface area contributed by atoms with Crippen LogP contribution in [-0.2, 0) is 6.42 Å². The van der Waals surface area contributed by atoms with Crippen molar-refractivity contribution in [1.82, 2.24) is 15.0 Å². The Hall–Kier alpha value is -2.47. The lowest BCUT2D eigenvalue weighted by Crippen LogP contribution is -2.39. The molecule has 3 aromatic rings. The minimum Gasteiger partial charge on any atom is -0.339 e. The van der Waals surface area contributed by atoms with Crippen LogP contribution in [0.25, 0.3) is 11.4 Å².